The van der Waals surface area contributed by atoms with Gasteiger partial charge in [-0.3, -0.25) is 9.69 Å². The van der Waals surface area contributed by atoms with E-state index in [1.807, 2.05) is 18.2 Å². The normalized spacial score (nSPS) is 26.3. The van der Waals surface area contributed by atoms with Crippen LogP contribution in [0.2, 0.25) is 0 Å². The number of pyridine rings is 1. The van der Waals surface area contributed by atoms with Crippen LogP contribution >= 0.6 is 0 Å². The molecule has 0 saturated carbocycles. The third kappa shape index (κ3) is 3.68. The van der Waals surface area contributed by atoms with Gasteiger partial charge in [-0.15, -0.1) is 0 Å². The fourth-order valence-corrected chi connectivity index (χ4v) is 4.44. The molecule has 2 saturated heterocycles. The van der Waals surface area contributed by atoms with Crippen LogP contribution in [0.3, 0.4) is 0 Å². The molecule has 0 radical (unpaired) electrons. The van der Waals surface area contributed by atoms with Crippen molar-refractivity contribution in [2.75, 3.05) is 37.6 Å². The molecule has 4 heterocycles. The Balaban J connectivity index is 1.51. The van der Waals surface area contributed by atoms with Crippen molar-refractivity contribution in [2.45, 2.75) is 32.0 Å². The fourth-order valence-electron chi connectivity index (χ4n) is 4.44. The number of nitrogens with two attached hydrogens (primary N) is 1. The fraction of sp³-hybridized carbons (Fsp3) is 0.550. The van der Waals surface area contributed by atoms with Gasteiger partial charge in [0.1, 0.15) is 11.8 Å². The number of nitrogens with zero attached hydrogens (tertiary/aromatic N) is 5. The topological polar surface area (TPSA) is 99.9 Å². The second kappa shape index (κ2) is 7.78. The molecule has 2 aromatic heterocycles. The van der Waals surface area contributed by atoms with E-state index in [1.165, 1.54) is 0 Å². The predicted octanol–water partition coefficient (Wildman–Crippen LogP) is 0.997. The van der Waals surface area contributed by atoms with Crippen LogP contribution in [-0.4, -0.2) is 65.4 Å². The zero-order chi connectivity index (χ0) is 19.7. The standard InChI is InChI=1S/C20H26N6O2/c1-14-10-25(18-5-4-16(9-21)26-19(18)6-7-23-26)13-17(28-14)12-24-8-2-3-15(11-24)20(22)27/h4-7,14-15,17H,2-3,8,10-13H2,1H3,(H2,22,27)/t14-,15?,17+/m1/s1. The highest BCUT2D eigenvalue weighted by Crippen LogP contribution is 2.27. The van der Waals surface area contributed by atoms with Crippen molar-refractivity contribution in [3.05, 3.63) is 30.1 Å². The summed E-state index contributed by atoms with van der Waals surface area (Å²) in [5.74, 6) is -0.263. The molecular formula is C20H26N6O2. The summed E-state index contributed by atoms with van der Waals surface area (Å²) in [4.78, 5) is 16.2. The Labute approximate surface area is 164 Å². The summed E-state index contributed by atoms with van der Waals surface area (Å²) in [7, 11) is 0. The van der Waals surface area contributed by atoms with Crippen molar-refractivity contribution in [1.29, 1.82) is 5.26 Å². The number of fused-ring (bicyclic) bond motifs is 1. The summed E-state index contributed by atoms with van der Waals surface area (Å²) in [6, 6.07) is 7.93. The molecule has 3 atom stereocenters. The summed E-state index contributed by atoms with van der Waals surface area (Å²) in [6.45, 7) is 6.10. The molecule has 1 unspecified atom stereocenters. The van der Waals surface area contributed by atoms with E-state index in [0.29, 0.717) is 12.2 Å². The van der Waals surface area contributed by atoms with Crippen molar-refractivity contribution in [3.63, 3.8) is 0 Å². The molecule has 1 amide bonds. The largest absolute Gasteiger partial charge is 0.370 e. The lowest BCUT2D eigenvalue weighted by Gasteiger charge is -2.41. The first-order valence-corrected chi connectivity index (χ1v) is 9.84. The Morgan fingerprint density at radius 1 is 1.36 bits per heavy atom. The van der Waals surface area contributed by atoms with E-state index in [9.17, 15) is 10.1 Å². The van der Waals surface area contributed by atoms with Crippen molar-refractivity contribution in [3.8, 4) is 6.07 Å². The average molecular weight is 382 g/mol. The number of morpholine rings is 1. The Kier molecular flexibility index (Phi) is 5.20. The number of amides is 1. The van der Waals surface area contributed by atoms with Gasteiger partial charge in [-0.2, -0.15) is 10.4 Å². The minimum atomic E-state index is -0.204. The van der Waals surface area contributed by atoms with Gasteiger partial charge in [0.15, 0.2) is 0 Å². The van der Waals surface area contributed by atoms with Crippen molar-refractivity contribution in [1.82, 2.24) is 14.5 Å². The van der Waals surface area contributed by atoms with Gasteiger partial charge in [0.2, 0.25) is 5.91 Å². The van der Waals surface area contributed by atoms with Crippen molar-refractivity contribution in [2.24, 2.45) is 11.7 Å². The van der Waals surface area contributed by atoms with Crippen LogP contribution in [0.5, 0.6) is 0 Å². The number of carbonyl (C=O) groups is 1. The zero-order valence-corrected chi connectivity index (χ0v) is 16.1. The summed E-state index contributed by atoms with van der Waals surface area (Å²) in [5, 5.41) is 13.6. The number of carbonyl (C=O) groups excluding carboxylic acids is 1. The highest BCUT2D eigenvalue weighted by molar-refractivity contribution is 5.77. The number of anilines is 1. The summed E-state index contributed by atoms with van der Waals surface area (Å²) in [6.07, 6.45) is 3.73. The minimum absolute atomic E-state index is 0.0500. The van der Waals surface area contributed by atoms with Crippen molar-refractivity contribution < 1.29 is 9.53 Å². The SMILES string of the molecule is C[C@@H]1CN(c2ccc(C#N)n3nccc23)C[C@H](CN2CCCC(C(N)=O)C2)O1. The molecule has 8 heteroatoms. The maximum Gasteiger partial charge on any atom is 0.221 e. The van der Waals surface area contributed by atoms with E-state index in [-0.39, 0.29) is 24.0 Å². The van der Waals surface area contributed by atoms with Gasteiger partial charge in [0.05, 0.1) is 35.5 Å². The summed E-state index contributed by atoms with van der Waals surface area (Å²) >= 11 is 0. The molecule has 28 heavy (non-hydrogen) atoms. The van der Waals surface area contributed by atoms with E-state index < -0.39 is 0 Å². The molecular weight excluding hydrogens is 356 g/mol. The Morgan fingerprint density at radius 2 is 2.21 bits per heavy atom. The smallest absolute Gasteiger partial charge is 0.221 e. The number of ether oxygens (including phenoxy) is 1. The van der Waals surface area contributed by atoms with Gasteiger partial charge >= 0.3 is 0 Å². The Bertz CT molecular complexity index is 904. The van der Waals surface area contributed by atoms with Crippen LogP contribution in [0.4, 0.5) is 5.69 Å². The van der Waals surface area contributed by atoms with Gasteiger partial charge < -0.3 is 15.4 Å². The van der Waals surface area contributed by atoms with Gasteiger partial charge in [0.25, 0.3) is 0 Å². The lowest BCUT2D eigenvalue weighted by Crippen LogP contribution is -2.52. The van der Waals surface area contributed by atoms with Gasteiger partial charge in [-0.1, -0.05) is 0 Å². The van der Waals surface area contributed by atoms with E-state index in [2.05, 4.69) is 27.9 Å². The molecule has 2 aromatic rings. The van der Waals surface area contributed by atoms with E-state index in [4.69, 9.17) is 10.5 Å². The zero-order valence-electron chi connectivity index (χ0n) is 16.1. The van der Waals surface area contributed by atoms with Crippen LogP contribution in [0.15, 0.2) is 24.4 Å². The number of nitriles is 1. The third-order valence-corrected chi connectivity index (χ3v) is 5.68. The number of hydrogen-bond acceptors (Lipinski definition) is 6. The number of primary amides is 1. The first-order valence-electron chi connectivity index (χ1n) is 9.84. The number of aromatic nitrogens is 2. The molecule has 0 spiro atoms. The Morgan fingerprint density at radius 3 is 3.00 bits per heavy atom. The maximum absolute atomic E-state index is 11.6. The summed E-state index contributed by atoms with van der Waals surface area (Å²) in [5.41, 5.74) is 8.02. The molecule has 8 nitrogen and oxygen atoms in total. The molecule has 4 rings (SSSR count). The quantitative estimate of drug-likeness (QED) is 0.847. The number of piperidine rings is 1. The lowest BCUT2D eigenvalue weighted by atomic mass is 9.97. The van der Waals surface area contributed by atoms with Crippen LogP contribution in [0, 0.1) is 17.2 Å². The predicted molar refractivity (Wildman–Crippen MR) is 105 cm³/mol. The van der Waals surface area contributed by atoms with Gasteiger partial charge in [-0.05, 0) is 44.5 Å². The average Bonchev–Trinajstić information content (AvgIpc) is 3.17. The van der Waals surface area contributed by atoms with E-state index in [0.717, 1.165) is 50.2 Å². The van der Waals surface area contributed by atoms with Crippen LogP contribution in [0.25, 0.3) is 5.52 Å². The Hall–Kier alpha value is -2.63. The van der Waals surface area contributed by atoms with Gasteiger partial charge in [0, 0.05) is 26.2 Å². The summed E-state index contributed by atoms with van der Waals surface area (Å²) < 4.78 is 7.89. The minimum Gasteiger partial charge on any atom is -0.370 e. The van der Waals surface area contributed by atoms with Crippen LogP contribution in [-0.2, 0) is 9.53 Å². The molecule has 0 aliphatic carbocycles. The third-order valence-electron chi connectivity index (χ3n) is 5.68. The number of hydrogen-bond donors (Lipinski definition) is 1. The number of rotatable bonds is 4. The van der Waals surface area contributed by atoms with Gasteiger partial charge in [-0.25, -0.2) is 4.52 Å². The van der Waals surface area contributed by atoms with E-state index >= 15 is 0 Å². The maximum atomic E-state index is 11.6. The van der Waals surface area contributed by atoms with Crippen LogP contribution < -0.4 is 10.6 Å². The first-order chi connectivity index (χ1) is 13.5. The monoisotopic (exact) mass is 382 g/mol. The molecule has 2 aliphatic heterocycles. The second-order valence-electron chi connectivity index (χ2n) is 7.82. The highest BCUT2D eigenvalue weighted by atomic mass is 16.5. The van der Waals surface area contributed by atoms with Crippen molar-refractivity contribution >= 4 is 17.1 Å². The first kappa shape index (κ1) is 18.7. The van der Waals surface area contributed by atoms with E-state index in [1.54, 1.807) is 10.7 Å². The molecule has 148 valence electrons. The highest BCUT2D eigenvalue weighted by Gasteiger charge is 2.31. The lowest BCUT2D eigenvalue weighted by molar-refractivity contribution is -0.124. The van der Waals surface area contributed by atoms with Crippen LogP contribution in [0.1, 0.15) is 25.5 Å². The molecule has 0 aromatic carbocycles. The molecule has 2 N–H and O–H groups in total. The second-order valence-corrected chi connectivity index (χ2v) is 7.82. The number of likely N-dealkylation sites (tertiary alicyclic amines) is 1. The molecule has 2 aliphatic rings. The molecule has 2 fully saturated rings. The molecule has 0 bridgehead atoms.